The minimum atomic E-state index is 0.655. The van der Waals surface area contributed by atoms with Gasteiger partial charge in [-0.15, -0.1) is 0 Å². The molecular formula is C14H26N4O. The number of aromatic nitrogens is 2. The second-order valence-corrected chi connectivity index (χ2v) is 5.37. The summed E-state index contributed by atoms with van der Waals surface area (Å²) in [6.45, 7) is 5.17. The van der Waals surface area contributed by atoms with Gasteiger partial charge in [-0.25, -0.2) is 0 Å². The first-order chi connectivity index (χ1) is 9.33. The van der Waals surface area contributed by atoms with E-state index in [0.29, 0.717) is 6.04 Å². The van der Waals surface area contributed by atoms with Gasteiger partial charge < -0.3 is 9.84 Å². The molecule has 0 radical (unpaired) electrons. The van der Waals surface area contributed by atoms with Crippen LogP contribution < -0.4 is 5.32 Å². The van der Waals surface area contributed by atoms with Gasteiger partial charge in [0.2, 0.25) is 5.89 Å². The molecule has 0 saturated carbocycles. The third-order valence-corrected chi connectivity index (χ3v) is 3.80. The van der Waals surface area contributed by atoms with Crippen molar-refractivity contribution in [2.24, 2.45) is 0 Å². The van der Waals surface area contributed by atoms with Gasteiger partial charge in [-0.2, -0.15) is 4.98 Å². The van der Waals surface area contributed by atoms with Crippen LogP contribution in [0.1, 0.15) is 50.7 Å². The molecule has 1 atom stereocenters. The predicted octanol–water partition coefficient (Wildman–Crippen LogP) is 1.99. The lowest BCUT2D eigenvalue weighted by Crippen LogP contribution is -2.40. The minimum absolute atomic E-state index is 0.655. The SMILES string of the molecule is CCCc1noc(CN2CCCCC2CCNC)n1. The third-order valence-electron chi connectivity index (χ3n) is 3.80. The average molecular weight is 266 g/mol. The van der Waals surface area contributed by atoms with Crippen molar-refractivity contribution >= 4 is 0 Å². The molecule has 0 spiro atoms. The summed E-state index contributed by atoms with van der Waals surface area (Å²) in [6, 6.07) is 0.655. The minimum Gasteiger partial charge on any atom is -0.338 e. The first-order valence-corrected chi connectivity index (χ1v) is 7.53. The van der Waals surface area contributed by atoms with Crippen LogP contribution >= 0.6 is 0 Å². The molecule has 0 aromatic carbocycles. The Kier molecular flexibility index (Phi) is 5.79. The Labute approximate surface area is 115 Å². The lowest BCUT2D eigenvalue weighted by atomic mass is 9.99. The molecule has 2 rings (SSSR count). The summed E-state index contributed by atoms with van der Waals surface area (Å²) in [4.78, 5) is 6.98. The highest BCUT2D eigenvalue weighted by atomic mass is 16.5. The van der Waals surface area contributed by atoms with Gasteiger partial charge in [-0.1, -0.05) is 18.5 Å². The number of aryl methyl sites for hydroxylation is 1. The van der Waals surface area contributed by atoms with Crippen molar-refractivity contribution in [2.45, 2.75) is 58.0 Å². The Morgan fingerprint density at radius 3 is 3.11 bits per heavy atom. The number of hydrogen-bond donors (Lipinski definition) is 1. The highest BCUT2D eigenvalue weighted by Gasteiger charge is 2.23. The van der Waals surface area contributed by atoms with Crippen LogP contribution in [0.15, 0.2) is 4.52 Å². The molecule has 0 amide bonds. The van der Waals surface area contributed by atoms with Crippen LogP contribution in [-0.2, 0) is 13.0 Å². The number of nitrogens with one attached hydrogen (secondary N) is 1. The maximum Gasteiger partial charge on any atom is 0.240 e. The highest BCUT2D eigenvalue weighted by molar-refractivity contribution is 4.88. The molecule has 1 N–H and O–H groups in total. The maximum absolute atomic E-state index is 5.35. The first-order valence-electron chi connectivity index (χ1n) is 7.53. The van der Waals surface area contributed by atoms with Crippen molar-refractivity contribution in [3.05, 3.63) is 11.7 Å². The van der Waals surface area contributed by atoms with Crippen molar-refractivity contribution in [2.75, 3.05) is 20.1 Å². The van der Waals surface area contributed by atoms with Gasteiger partial charge in [0, 0.05) is 12.5 Å². The number of likely N-dealkylation sites (tertiary alicyclic amines) is 1. The molecule has 1 aliphatic rings. The molecule has 1 aromatic heterocycles. The van der Waals surface area contributed by atoms with Gasteiger partial charge in [-0.3, -0.25) is 4.90 Å². The molecule has 0 bridgehead atoms. The largest absolute Gasteiger partial charge is 0.338 e. The summed E-state index contributed by atoms with van der Waals surface area (Å²) < 4.78 is 5.35. The molecule has 1 unspecified atom stereocenters. The van der Waals surface area contributed by atoms with Crippen LogP contribution in [0.2, 0.25) is 0 Å². The van der Waals surface area contributed by atoms with Gasteiger partial charge >= 0.3 is 0 Å². The van der Waals surface area contributed by atoms with Crippen LogP contribution in [-0.4, -0.2) is 41.2 Å². The zero-order valence-corrected chi connectivity index (χ0v) is 12.2. The normalized spacial score (nSPS) is 20.8. The fourth-order valence-electron chi connectivity index (χ4n) is 2.76. The Morgan fingerprint density at radius 2 is 2.32 bits per heavy atom. The van der Waals surface area contributed by atoms with E-state index in [1.165, 1.54) is 25.7 Å². The van der Waals surface area contributed by atoms with E-state index in [1.54, 1.807) is 0 Å². The van der Waals surface area contributed by atoms with E-state index in [9.17, 15) is 0 Å². The molecule has 2 heterocycles. The van der Waals surface area contributed by atoms with E-state index in [2.05, 4.69) is 27.3 Å². The summed E-state index contributed by atoms with van der Waals surface area (Å²) in [5.41, 5.74) is 0. The van der Waals surface area contributed by atoms with Crippen molar-refractivity contribution in [1.29, 1.82) is 0 Å². The molecule has 108 valence electrons. The zero-order chi connectivity index (χ0) is 13.5. The van der Waals surface area contributed by atoms with Gasteiger partial charge in [0.1, 0.15) is 0 Å². The van der Waals surface area contributed by atoms with Crippen molar-refractivity contribution in [3.8, 4) is 0 Å². The first kappa shape index (κ1) is 14.5. The highest BCUT2D eigenvalue weighted by Crippen LogP contribution is 2.21. The molecule has 1 aliphatic heterocycles. The van der Waals surface area contributed by atoms with Crippen LogP contribution in [0.4, 0.5) is 0 Å². The number of rotatable bonds is 7. The van der Waals surface area contributed by atoms with Crippen LogP contribution in [0.3, 0.4) is 0 Å². The number of nitrogens with zero attached hydrogens (tertiary/aromatic N) is 3. The van der Waals surface area contributed by atoms with Crippen LogP contribution in [0.25, 0.3) is 0 Å². The van der Waals surface area contributed by atoms with Crippen molar-refractivity contribution in [1.82, 2.24) is 20.4 Å². The van der Waals surface area contributed by atoms with E-state index < -0.39 is 0 Å². The van der Waals surface area contributed by atoms with E-state index in [-0.39, 0.29) is 0 Å². The van der Waals surface area contributed by atoms with E-state index >= 15 is 0 Å². The van der Waals surface area contributed by atoms with E-state index in [4.69, 9.17) is 4.52 Å². The van der Waals surface area contributed by atoms with Gasteiger partial charge in [0.25, 0.3) is 0 Å². The summed E-state index contributed by atoms with van der Waals surface area (Å²) >= 11 is 0. The van der Waals surface area contributed by atoms with Gasteiger partial charge in [-0.05, 0) is 45.8 Å². The Hall–Kier alpha value is -0.940. The standard InChI is InChI=1S/C14H26N4O/c1-3-6-13-16-14(19-17-13)11-18-10-5-4-7-12(18)8-9-15-2/h12,15H,3-11H2,1-2H3. The second kappa shape index (κ2) is 7.60. The average Bonchev–Trinajstić information content (AvgIpc) is 2.86. The topological polar surface area (TPSA) is 54.2 Å². The monoisotopic (exact) mass is 266 g/mol. The Balaban J connectivity index is 1.90. The Morgan fingerprint density at radius 1 is 1.42 bits per heavy atom. The van der Waals surface area contributed by atoms with E-state index in [0.717, 1.165) is 44.2 Å². The fraction of sp³-hybridized carbons (Fsp3) is 0.857. The van der Waals surface area contributed by atoms with Crippen molar-refractivity contribution < 1.29 is 4.52 Å². The zero-order valence-electron chi connectivity index (χ0n) is 12.2. The lowest BCUT2D eigenvalue weighted by molar-refractivity contribution is 0.117. The molecule has 1 fully saturated rings. The maximum atomic E-state index is 5.35. The van der Waals surface area contributed by atoms with Crippen LogP contribution in [0, 0.1) is 0 Å². The summed E-state index contributed by atoms with van der Waals surface area (Å²) in [7, 11) is 2.02. The molecule has 5 heteroatoms. The fourth-order valence-corrected chi connectivity index (χ4v) is 2.76. The van der Waals surface area contributed by atoms with Gasteiger partial charge in [0.15, 0.2) is 5.82 Å². The smallest absolute Gasteiger partial charge is 0.240 e. The van der Waals surface area contributed by atoms with Crippen LogP contribution in [0.5, 0.6) is 0 Å². The lowest BCUT2D eigenvalue weighted by Gasteiger charge is -2.34. The molecule has 1 aromatic rings. The third kappa shape index (κ3) is 4.28. The number of hydrogen-bond acceptors (Lipinski definition) is 5. The number of piperidine rings is 1. The summed E-state index contributed by atoms with van der Waals surface area (Å²) in [5, 5.41) is 7.28. The molecule has 0 aliphatic carbocycles. The predicted molar refractivity (Wildman–Crippen MR) is 74.9 cm³/mol. The molecule has 5 nitrogen and oxygen atoms in total. The van der Waals surface area contributed by atoms with Crippen molar-refractivity contribution in [3.63, 3.8) is 0 Å². The summed E-state index contributed by atoms with van der Waals surface area (Å²) in [6.07, 6.45) is 7.09. The molecule has 1 saturated heterocycles. The summed E-state index contributed by atoms with van der Waals surface area (Å²) in [5.74, 6) is 1.63. The molecule has 19 heavy (non-hydrogen) atoms. The quantitative estimate of drug-likeness (QED) is 0.818. The second-order valence-electron chi connectivity index (χ2n) is 5.37. The van der Waals surface area contributed by atoms with Gasteiger partial charge in [0.05, 0.1) is 6.54 Å². The molecular weight excluding hydrogens is 240 g/mol. The van der Waals surface area contributed by atoms with E-state index in [1.807, 2.05) is 7.05 Å². The Bertz CT molecular complexity index is 366.